The third-order valence-electron chi connectivity index (χ3n) is 3.47. The average molecular weight is 365 g/mol. The van der Waals surface area contributed by atoms with Gasteiger partial charge in [0.05, 0.1) is 0 Å². The van der Waals surface area contributed by atoms with Crippen molar-refractivity contribution in [2.24, 2.45) is 0 Å². The molecule has 0 spiro atoms. The van der Waals surface area contributed by atoms with E-state index in [0.717, 1.165) is 34.7 Å². The smallest absolute Gasteiger partial charge is 0.336 e. The van der Waals surface area contributed by atoms with Gasteiger partial charge in [0, 0.05) is 41.8 Å². The molecule has 2 N–H and O–H groups in total. The number of nitrogens with one attached hydrogen (secondary N) is 2. The molecule has 6 heteroatoms. The summed E-state index contributed by atoms with van der Waals surface area (Å²) in [5.41, 5.74) is 2.38. The maximum Gasteiger partial charge on any atom is 0.336 e. The summed E-state index contributed by atoms with van der Waals surface area (Å²) < 4.78 is 5.19. The molecule has 0 saturated carbocycles. The quantitative estimate of drug-likeness (QED) is 0.511. The largest absolute Gasteiger partial charge is 0.423 e. The van der Waals surface area contributed by atoms with Crippen molar-refractivity contribution in [3.63, 3.8) is 0 Å². The maximum absolute atomic E-state index is 11.3. The third kappa shape index (κ3) is 4.99. The molecule has 0 unspecified atom stereocenters. The second kappa shape index (κ2) is 8.73. The zero-order valence-electron chi connectivity index (χ0n) is 12.9. The van der Waals surface area contributed by atoms with Crippen LogP contribution in [0.25, 0.3) is 11.0 Å². The van der Waals surface area contributed by atoms with Crippen LogP contribution in [0.5, 0.6) is 0 Å². The van der Waals surface area contributed by atoms with Crippen molar-refractivity contribution in [3.8, 4) is 0 Å². The zero-order valence-corrected chi connectivity index (χ0v) is 14.5. The van der Waals surface area contributed by atoms with Gasteiger partial charge >= 0.3 is 5.63 Å². The summed E-state index contributed by atoms with van der Waals surface area (Å²) in [5.74, 6) is 0. The Bertz CT molecular complexity index is 865. The maximum atomic E-state index is 11.3. The Labute approximate surface area is 151 Å². The molecule has 1 heterocycles. The second-order valence-electron chi connectivity index (χ2n) is 5.24. The first-order valence-corrected chi connectivity index (χ1v) is 7.81. The van der Waals surface area contributed by atoms with Crippen LogP contribution >= 0.6 is 24.0 Å². The highest BCUT2D eigenvalue weighted by molar-refractivity contribution is 6.30. The van der Waals surface area contributed by atoms with E-state index in [-0.39, 0.29) is 18.0 Å². The molecule has 0 bridgehead atoms. The van der Waals surface area contributed by atoms with Crippen LogP contribution in [-0.2, 0) is 6.54 Å². The number of hydrogen-bond donors (Lipinski definition) is 2. The van der Waals surface area contributed by atoms with E-state index in [4.69, 9.17) is 16.0 Å². The van der Waals surface area contributed by atoms with Gasteiger partial charge in [0.1, 0.15) is 5.58 Å². The molecular formula is C18H18Cl2N2O2. The van der Waals surface area contributed by atoms with Crippen LogP contribution in [0.15, 0.2) is 63.8 Å². The number of hydrogen-bond acceptors (Lipinski definition) is 4. The predicted octanol–water partition coefficient (Wildman–Crippen LogP) is 4.07. The first-order chi connectivity index (χ1) is 11.2. The molecule has 0 aliphatic carbocycles. The van der Waals surface area contributed by atoms with E-state index >= 15 is 0 Å². The molecule has 0 radical (unpaired) electrons. The van der Waals surface area contributed by atoms with Crippen LogP contribution in [0.1, 0.15) is 5.56 Å². The molecular weight excluding hydrogens is 347 g/mol. The van der Waals surface area contributed by atoms with E-state index in [1.165, 1.54) is 6.07 Å². The summed E-state index contributed by atoms with van der Waals surface area (Å²) in [4.78, 5) is 11.3. The molecule has 3 aromatic rings. The first-order valence-electron chi connectivity index (χ1n) is 7.44. The molecule has 4 nitrogen and oxygen atoms in total. The normalized spacial score (nSPS) is 10.4. The number of anilines is 1. The van der Waals surface area contributed by atoms with Crippen LogP contribution in [0.4, 0.5) is 5.69 Å². The van der Waals surface area contributed by atoms with E-state index < -0.39 is 0 Å². The summed E-state index contributed by atoms with van der Waals surface area (Å²) >= 11 is 5.94. The minimum Gasteiger partial charge on any atom is -0.423 e. The molecule has 0 saturated heterocycles. The zero-order chi connectivity index (χ0) is 16.1. The summed E-state index contributed by atoms with van der Waals surface area (Å²) in [6.45, 7) is 2.32. The van der Waals surface area contributed by atoms with Crippen LogP contribution in [0, 0.1) is 0 Å². The van der Waals surface area contributed by atoms with Crippen LogP contribution in [-0.4, -0.2) is 13.1 Å². The minimum absolute atomic E-state index is 0. The van der Waals surface area contributed by atoms with Gasteiger partial charge in [-0.3, -0.25) is 0 Å². The van der Waals surface area contributed by atoms with E-state index in [9.17, 15) is 4.79 Å². The number of rotatable bonds is 6. The van der Waals surface area contributed by atoms with Crippen molar-refractivity contribution in [3.05, 3.63) is 75.6 Å². The van der Waals surface area contributed by atoms with Gasteiger partial charge in [0.25, 0.3) is 0 Å². The topological polar surface area (TPSA) is 54.3 Å². The van der Waals surface area contributed by atoms with E-state index in [1.807, 2.05) is 42.5 Å². The van der Waals surface area contributed by atoms with Crippen molar-refractivity contribution in [1.29, 1.82) is 0 Å². The lowest BCUT2D eigenvalue weighted by molar-refractivity contribution is 0.560. The number of benzene rings is 2. The molecule has 1 aromatic heterocycles. The van der Waals surface area contributed by atoms with Gasteiger partial charge in [-0.2, -0.15) is 0 Å². The Morgan fingerprint density at radius 1 is 1.00 bits per heavy atom. The van der Waals surface area contributed by atoms with Gasteiger partial charge < -0.3 is 15.1 Å². The highest BCUT2D eigenvalue weighted by Crippen LogP contribution is 2.15. The highest BCUT2D eigenvalue weighted by atomic mass is 35.5. The Kier molecular flexibility index (Phi) is 6.67. The van der Waals surface area contributed by atoms with Gasteiger partial charge in [0.15, 0.2) is 0 Å². The van der Waals surface area contributed by atoms with Gasteiger partial charge in [-0.05, 0) is 35.9 Å². The molecule has 24 heavy (non-hydrogen) atoms. The highest BCUT2D eigenvalue weighted by Gasteiger charge is 1.99. The second-order valence-corrected chi connectivity index (χ2v) is 5.68. The van der Waals surface area contributed by atoms with Crippen LogP contribution in [0.3, 0.4) is 0 Å². The third-order valence-corrected chi connectivity index (χ3v) is 3.71. The molecule has 3 rings (SSSR count). The van der Waals surface area contributed by atoms with Gasteiger partial charge in [-0.25, -0.2) is 4.79 Å². The van der Waals surface area contributed by atoms with Crippen molar-refractivity contribution in [1.82, 2.24) is 5.32 Å². The summed E-state index contributed by atoms with van der Waals surface area (Å²) in [6.07, 6.45) is 0. The average Bonchev–Trinajstić information content (AvgIpc) is 2.54. The van der Waals surface area contributed by atoms with Gasteiger partial charge in [0.2, 0.25) is 0 Å². The summed E-state index contributed by atoms with van der Waals surface area (Å²) in [6, 6.07) is 16.7. The lowest BCUT2D eigenvalue weighted by Gasteiger charge is -2.08. The van der Waals surface area contributed by atoms with Crippen LogP contribution in [0.2, 0.25) is 5.02 Å². The predicted molar refractivity (Wildman–Crippen MR) is 101 cm³/mol. The minimum atomic E-state index is -0.326. The van der Waals surface area contributed by atoms with E-state index in [1.54, 1.807) is 6.07 Å². The molecule has 0 aliphatic heterocycles. The SMILES string of the molecule is Cl.O=c1ccc2ccc(CNCCNc3cccc(Cl)c3)cc2o1. The van der Waals surface area contributed by atoms with E-state index in [2.05, 4.69) is 10.6 Å². The Morgan fingerprint density at radius 2 is 1.83 bits per heavy atom. The fraction of sp³-hybridized carbons (Fsp3) is 0.167. The summed E-state index contributed by atoms with van der Waals surface area (Å²) in [7, 11) is 0. The van der Waals surface area contributed by atoms with Crippen molar-refractivity contribution in [2.75, 3.05) is 18.4 Å². The first kappa shape index (κ1) is 18.3. The van der Waals surface area contributed by atoms with E-state index in [0.29, 0.717) is 12.1 Å². The van der Waals surface area contributed by atoms with Gasteiger partial charge in [-0.1, -0.05) is 29.8 Å². The Morgan fingerprint density at radius 3 is 2.67 bits per heavy atom. The van der Waals surface area contributed by atoms with Crippen molar-refractivity contribution >= 4 is 40.7 Å². The fourth-order valence-corrected chi connectivity index (χ4v) is 2.53. The molecule has 0 atom stereocenters. The summed E-state index contributed by atoms with van der Waals surface area (Å²) in [5, 5.41) is 8.30. The lowest BCUT2D eigenvalue weighted by Crippen LogP contribution is -2.21. The van der Waals surface area contributed by atoms with Crippen molar-refractivity contribution in [2.45, 2.75) is 6.54 Å². The number of halogens is 2. The van der Waals surface area contributed by atoms with Gasteiger partial charge in [-0.15, -0.1) is 12.4 Å². The standard InChI is InChI=1S/C18H17ClN2O2.ClH/c19-15-2-1-3-16(11-15)21-9-8-20-12-13-4-5-14-6-7-18(22)23-17(14)10-13;/h1-7,10-11,20-21H,8-9,12H2;1H. The number of fused-ring (bicyclic) bond motifs is 1. The molecule has 126 valence electrons. The Hall–Kier alpha value is -2.01. The molecule has 2 aromatic carbocycles. The molecule has 0 aliphatic rings. The fourth-order valence-electron chi connectivity index (χ4n) is 2.34. The monoisotopic (exact) mass is 364 g/mol. The lowest BCUT2D eigenvalue weighted by atomic mass is 10.1. The van der Waals surface area contributed by atoms with Crippen LogP contribution < -0.4 is 16.3 Å². The Balaban J connectivity index is 0.00000208. The molecule has 0 fully saturated rings. The van der Waals surface area contributed by atoms with Crippen molar-refractivity contribution < 1.29 is 4.42 Å². The molecule has 0 amide bonds.